The van der Waals surface area contributed by atoms with E-state index in [0.29, 0.717) is 5.82 Å². The SMILES string of the molecule is CC(Nc1ccc(N)c2ccncc12)c1nn[nH]n1. The monoisotopic (exact) mass is 255 g/mol. The lowest BCUT2D eigenvalue weighted by Gasteiger charge is -2.14. The molecule has 0 spiro atoms. The standard InChI is InChI=1S/C12H13N7/c1-7(12-16-18-19-17-12)15-11-3-2-10(13)8-4-5-14-6-9(8)11/h2-7,15H,13H2,1H3,(H,16,17,18,19). The Balaban J connectivity index is 2.00. The Morgan fingerprint density at radius 1 is 1.26 bits per heavy atom. The molecule has 96 valence electrons. The van der Waals surface area contributed by atoms with Crippen molar-refractivity contribution in [2.75, 3.05) is 11.1 Å². The van der Waals surface area contributed by atoms with E-state index in [1.165, 1.54) is 0 Å². The quantitative estimate of drug-likeness (QED) is 0.612. The number of nitrogens with two attached hydrogens (primary N) is 1. The minimum absolute atomic E-state index is 0.0641. The molecule has 19 heavy (non-hydrogen) atoms. The van der Waals surface area contributed by atoms with Crippen LogP contribution in [0.3, 0.4) is 0 Å². The lowest BCUT2D eigenvalue weighted by molar-refractivity contribution is 0.795. The predicted octanol–water partition coefficient (Wildman–Crippen LogP) is 1.50. The Bertz CT molecular complexity index is 692. The topological polar surface area (TPSA) is 105 Å². The van der Waals surface area contributed by atoms with Gasteiger partial charge in [0.15, 0.2) is 5.82 Å². The maximum absolute atomic E-state index is 5.96. The van der Waals surface area contributed by atoms with Gasteiger partial charge in [0.1, 0.15) is 0 Å². The molecule has 0 amide bonds. The van der Waals surface area contributed by atoms with Gasteiger partial charge in [-0.1, -0.05) is 5.21 Å². The number of H-pyrrole nitrogens is 1. The maximum atomic E-state index is 5.96. The number of fused-ring (bicyclic) bond motifs is 1. The first-order valence-corrected chi connectivity index (χ1v) is 5.88. The fourth-order valence-corrected chi connectivity index (χ4v) is 1.99. The second-order valence-corrected chi connectivity index (χ2v) is 4.26. The molecule has 0 aliphatic carbocycles. The van der Waals surface area contributed by atoms with Crippen LogP contribution in [0.5, 0.6) is 0 Å². The summed E-state index contributed by atoms with van der Waals surface area (Å²) in [6, 6.07) is 5.63. The summed E-state index contributed by atoms with van der Waals surface area (Å²) in [5.74, 6) is 0.605. The van der Waals surface area contributed by atoms with Crippen molar-refractivity contribution in [3.05, 3.63) is 36.4 Å². The number of rotatable bonds is 3. The van der Waals surface area contributed by atoms with Gasteiger partial charge in [0.25, 0.3) is 0 Å². The molecule has 2 heterocycles. The Morgan fingerprint density at radius 3 is 2.95 bits per heavy atom. The van der Waals surface area contributed by atoms with Gasteiger partial charge in [-0.15, -0.1) is 10.2 Å². The number of hydrogen-bond donors (Lipinski definition) is 3. The van der Waals surface area contributed by atoms with E-state index in [-0.39, 0.29) is 6.04 Å². The molecule has 0 saturated carbocycles. The normalized spacial score (nSPS) is 12.5. The van der Waals surface area contributed by atoms with Crippen LogP contribution in [0.1, 0.15) is 18.8 Å². The van der Waals surface area contributed by atoms with Gasteiger partial charge in [-0.3, -0.25) is 4.98 Å². The molecule has 4 N–H and O–H groups in total. The van der Waals surface area contributed by atoms with Crippen molar-refractivity contribution >= 4 is 22.1 Å². The van der Waals surface area contributed by atoms with Gasteiger partial charge in [0.05, 0.1) is 6.04 Å². The van der Waals surface area contributed by atoms with E-state index in [4.69, 9.17) is 5.73 Å². The number of aromatic amines is 1. The van der Waals surface area contributed by atoms with Crippen molar-refractivity contribution in [1.82, 2.24) is 25.6 Å². The minimum Gasteiger partial charge on any atom is -0.398 e. The smallest absolute Gasteiger partial charge is 0.196 e. The third-order valence-electron chi connectivity index (χ3n) is 2.97. The number of pyridine rings is 1. The second-order valence-electron chi connectivity index (χ2n) is 4.26. The number of tetrazole rings is 1. The number of nitrogens with one attached hydrogen (secondary N) is 2. The average Bonchev–Trinajstić information content (AvgIpc) is 2.96. The van der Waals surface area contributed by atoms with Gasteiger partial charge in [-0.2, -0.15) is 5.21 Å². The maximum Gasteiger partial charge on any atom is 0.196 e. The summed E-state index contributed by atoms with van der Waals surface area (Å²) in [5, 5.41) is 19.2. The van der Waals surface area contributed by atoms with Crippen molar-refractivity contribution in [2.24, 2.45) is 0 Å². The van der Waals surface area contributed by atoms with Gasteiger partial charge in [-0.05, 0) is 25.1 Å². The van der Waals surface area contributed by atoms with Gasteiger partial charge in [-0.25, -0.2) is 0 Å². The zero-order chi connectivity index (χ0) is 13.2. The highest BCUT2D eigenvalue weighted by atomic mass is 15.5. The molecule has 0 saturated heterocycles. The lowest BCUT2D eigenvalue weighted by Crippen LogP contribution is -2.09. The highest BCUT2D eigenvalue weighted by Crippen LogP contribution is 2.29. The summed E-state index contributed by atoms with van der Waals surface area (Å²) in [4.78, 5) is 4.14. The summed E-state index contributed by atoms with van der Waals surface area (Å²) in [5.41, 5.74) is 7.63. The van der Waals surface area contributed by atoms with Crippen LogP contribution in [-0.2, 0) is 0 Å². The lowest BCUT2D eigenvalue weighted by atomic mass is 10.1. The summed E-state index contributed by atoms with van der Waals surface area (Å²) >= 11 is 0. The molecular weight excluding hydrogens is 242 g/mol. The largest absolute Gasteiger partial charge is 0.398 e. The van der Waals surface area contributed by atoms with Crippen molar-refractivity contribution in [2.45, 2.75) is 13.0 Å². The van der Waals surface area contributed by atoms with Crippen LogP contribution in [0, 0.1) is 0 Å². The van der Waals surface area contributed by atoms with Crippen molar-refractivity contribution < 1.29 is 0 Å². The fourth-order valence-electron chi connectivity index (χ4n) is 1.99. The molecular formula is C12H13N7. The van der Waals surface area contributed by atoms with Gasteiger partial charge in [0, 0.05) is 34.5 Å². The van der Waals surface area contributed by atoms with E-state index in [9.17, 15) is 0 Å². The average molecular weight is 255 g/mol. The molecule has 1 unspecified atom stereocenters. The predicted molar refractivity (Wildman–Crippen MR) is 72.4 cm³/mol. The van der Waals surface area contributed by atoms with Gasteiger partial charge in [0.2, 0.25) is 0 Å². The van der Waals surface area contributed by atoms with E-state index in [1.807, 2.05) is 25.1 Å². The highest BCUT2D eigenvalue weighted by Gasteiger charge is 2.12. The summed E-state index contributed by atoms with van der Waals surface area (Å²) < 4.78 is 0. The molecule has 3 rings (SSSR count). The third-order valence-corrected chi connectivity index (χ3v) is 2.97. The molecule has 7 nitrogen and oxygen atoms in total. The number of benzene rings is 1. The Morgan fingerprint density at radius 2 is 2.16 bits per heavy atom. The van der Waals surface area contributed by atoms with Crippen LogP contribution in [-0.4, -0.2) is 25.6 Å². The van der Waals surface area contributed by atoms with Gasteiger partial charge < -0.3 is 11.1 Å². The molecule has 2 aromatic heterocycles. The summed E-state index contributed by atoms with van der Waals surface area (Å²) in [7, 11) is 0. The number of hydrogen-bond acceptors (Lipinski definition) is 6. The number of anilines is 2. The molecule has 0 aliphatic heterocycles. The Kier molecular flexibility index (Phi) is 2.71. The molecule has 7 heteroatoms. The van der Waals surface area contributed by atoms with E-state index >= 15 is 0 Å². The first kappa shape index (κ1) is 11.4. The minimum atomic E-state index is -0.0641. The highest BCUT2D eigenvalue weighted by molar-refractivity contribution is 6.00. The molecule has 1 aromatic carbocycles. The van der Waals surface area contributed by atoms with Crippen LogP contribution in [0.25, 0.3) is 10.8 Å². The Hall–Kier alpha value is -2.70. The van der Waals surface area contributed by atoms with E-state index < -0.39 is 0 Å². The molecule has 0 fully saturated rings. The number of nitrogens with zero attached hydrogens (tertiary/aromatic N) is 4. The van der Waals surface area contributed by atoms with Crippen molar-refractivity contribution in [1.29, 1.82) is 0 Å². The van der Waals surface area contributed by atoms with E-state index in [0.717, 1.165) is 22.1 Å². The van der Waals surface area contributed by atoms with E-state index in [2.05, 4.69) is 30.9 Å². The second kappa shape index (κ2) is 4.52. The summed E-state index contributed by atoms with van der Waals surface area (Å²) in [6.45, 7) is 1.96. The summed E-state index contributed by atoms with van der Waals surface area (Å²) in [6.07, 6.45) is 3.52. The first-order chi connectivity index (χ1) is 9.25. The molecule has 1 atom stereocenters. The van der Waals surface area contributed by atoms with Crippen LogP contribution in [0.4, 0.5) is 11.4 Å². The molecule has 0 bridgehead atoms. The molecule has 0 aliphatic rings. The fraction of sp³-hybridized carbons (Fsp3) is 0.167. The van der Waals surface area contributed by atoms with Crippen LogP contribution >= 0.6 is 0 Å². The van der Waals surface area contributed by atoms with E-state index in [1.54, 1.807) is 12.4 Å². The van der Waals surface area contributed by atoms with Gasteiger partial charge >= 0.3 is 0 Å². The third kappa shape index (κ3) is 2.05. The zero-order valence-electron chi connectivity index (χ0n) is 10.3. The number of aromatic nitrogens is 5. The zero-order valence-corrected chi connectivity index (χ0v) is 10.3. The van der Waals surface area contributed by atoms with Crippen molar-refractivity contribution in [3.8, 4) is 0 Å². The number of nitrogen functional groups attached to an aromatic ring is 1. The first-order valence-electron chi connectivity index (χ1n) is 5.88. The van der Waals surface area contributed by atoms with Crippen LogP contribution in [0.15, 0.2) is 30.6 Å². The van der Waals surface area contributed by atoms with Crippen molar-refractivity contribution in [3.63, 3.8) is 0 Å². The van der Waals surface area contributed by atoms with Crippen LogP contribution < -0.4 is 11.1 Å². The van der Waals surface area contributed by atoms with Crippen LogP contribution in [0.2, 0.25) is 0 Å². The Labute approximate surface area is 109 Å². The molecule has 3 aromatic rings. The molecule has 0 radical (unpaired) electrons.